The van der Waals surface area contributed by atoms with Crippen LogP contribution in [0.5, 0.6) is 0 Å². The molecule has 0 amide bonds. The molecule has 3 heteroatoms. The van der Waals surface area contributed by atoms with Gasteiger partial charge in [-0.2, -0.15) is 0 Å². The zero-order valence-corrected chi connectivity index (χ0v) is 7.31. The molecule has 0 N–H and O–H groups in total. The van der Waals surface area contributed by atoms with E-state index in [9.17, 15) is 0 Å². The van der Waals surface area contributed by atoms with E-state index in [1.165, 1.54) is 0 Å². The molecule has 3 nitrogen and oxygen atoms in total. The average molecular weight is 171 g/mol. The normalized spacial score (nSPS) is 9.92. The van der Waals surface area contributed by atoms with Gasteiger partial charge in [0.25, 0.3) is 0 Å². The third-order valence-corrected chi connectivity index (χ3v) is 1.87. The van der Waals surface area contributed by atoms with Crippen molar-refractivity contribution in [2.45, 2.75) is 6.92 Å². The van der Waals surface area contributed by atoms with Crippen LogP contribution in [-0.4, -0.2) is 15.4 Å². The van der Waals surface area contributed by atoms with Gasteiger partial charge in [-0.1, -0.05) is 30.3 Å². The molecule has 0 bridgehead atoms. The van der Waals surface area contributed by atoms with E-state index >= 15 is 0 Å². The molecule has 0 unspecified atom stereocenters. The second-order valence-electron chi connectivity index (χ2n) is 2.83. The molecular formula is C10H9N3. The Bertz CT molecular complexity index is 398. The molecule has 0 saturated carbocycles. The van der Waals surface area contributed by atoms with Crippen molar-refractivity contribution in [2.75, 3.05) is 0 Å². The molecular weight excluding hydrogens is 162 g/mol. The van der Waals surface area contributed by atoms with Crippen LogP contribution in [0.3, 0.4) is 0 Å². The number of benzene rings is 1. The summed E-state index contributed by atoms with van der Waals surface area (Å²) in [5.41, 5.74) is 3.02. The minimum atomic E-state index is 0.899. The van der Waals surface area contributed by atoms with Gasteiger partial charge < -0.3 is 0 Å². The van der Waals surface area contributed by atoms with Gasteiger partial charge in [-0.05, 0) is 17.7 Å². The number of hydrogen-bond acceptors (Lipinski definition) is 3. The zero-order valence-electron chi connectivity index (χ0n) is 7.31. The maximum Gasteiger partial charge on any atom is 0.0992 e. The molecule has 2 aromatic rings. The van der Waals surface area contributed by atoms with Gasteiger partial charge in [0.15, 0.2) is 0 Å². The number of nitrogens with zero attached hydrogens (tertiary/aromatic N) is 3. The van der Waals surface area contributed by atoms with E-state index in [-0.39, 0.29) is 0 Å². The molecule has 0 fully saturated rings. The van der Waals surface area contributed by atoms with Crippen molar-refractivity contribution < 1.29 is 0 Å². The van der Waals surface area contributed by atoms with E-state index in [1.807, 2.05) is 37.3 Å². The summed E-state index contributed by atoms with van der Waals surface area (Å²) in [6, 6.07) is 9.97. The van der Waals surface area contributed by atoms with E-state index in [0.717, 1.165) is 16.8 Å². The Morgan fingerprint density at radius 3 is 2.54 bits per heavy atom. The Morgan fingerprint density at radius 1 is 1.08 bits per heavy atom. The number of rotatable bonds is 1. The van der Waals surface area contributed by atoms with Gasteiger partial charge >= 0.3 is 0 Å². The molecule has 0 aliphatic carbocycles. The van der Waals surface area contributed by atoms with Crippen LogP contribution in [0.25, 0.3) is 11.3 Å². The summed E-state index contributed by atoms with van der Waals surface area (Å²) in [5, 5.41) is 11.3. The first kappa shape index (κ1) is 7.86. The van der Waals surface area contributed by atoms with Crippen molar-refractivity contribution in [3.8, 4) is 11.3 Å². The number of aryl methyl sites for hydroxylation is 1. The van der Waals surface area contributed by atoms with E-state index < -0.39 is 0 Å². The highest BCUT2D eigenvalue weighted by molar-refractivity contribution is 5.61. The molecule has 1 heterocycles. The van der Waals surface area contributed by atoms with Gasteiger partial charge in [-0.25, -0.2) is 0 Å². The number of aromatic nitrogens is 3. The van der Waals surface area contributed by atoms with Crippen LogP contribution in [0.1, 0.15) is 5.56 Å². The lowest BCUT2D eigenvalue weighted by molar-refractivity contribution is 0.860. The first-order valence-corrected chi connectivity index (χ1v) is 4.08. The minimum absolute atomic E-state index is 0.899. The molecule has 13 heavy (non-hydrogen) atoms. The second kappa shape index (κ2) is 3.31. The average Bonchev–Trinajstić information content (AvgIpc) is 2.20. The maximum atomic E-state index is 3.99. The van der Waals surface area contributed by atoms with Gasteiger partial charge in [0.05, 0.1) is 11.9 Å². The molecule has 64 valence electrons. The highest BCUT2D eigenvalue weighted by atomic mass is 15.3. The predicted molar refractivity (Wildman–Crippen MR) is 50.0 cm³/mol. The molecule has 0 saturated heterocycles. The summed E-state index contributed by atoms with van der Waals surface area (Å²) >= 11 is 0. The second-order valence-corrected chi connectivity index (χ2v) is 2.83. The SMILES string of the molecule is Cc1cnnnc1-c1ccccc1. The monoisotopic (exact) mass is 171 g/mol. The summed E-state index contributed by atoms with van der Waals surface area (Å²) < 4.78 is 0. The molecule has 2 rings (SSSR count). The summed E-state index contributed by atoms with van der Waals surface area (Å²) in [6.07, 6.45) is 1.72. The van der Waals surface area contributed by atoms with E-state index in [1.54, 1.807) is 6.20 Å². The number of hydrogen-bond donors (Lipinski definition) is 0. The lowest BCUT2D eigenvalue weighted by Crippen LogP contribution is -1.93. The highest BCUT2D eigenvalue weighted by Gasteiger charge is 2.01. The first-order valence-electron chi connectivity index (χ1n) is 4.08. The lowest BCUT2D eigenvalue weighted by Gasteiger charge is -2.00. The van der Waals surface area contributed by atoms with Crippen molar-refractivity contribution in [3.63, 3.8) is 0 Å². The molecule has 0 radical (unpaired) electrons. The van der Waals surface area contributed by atoms with Gasteiger partial charge in [0.1, 0.15) is 0 Å². The van der Waals surface area contributed by atoms with Crippen molar-refractivity contribution in [2.24, 2.45) is 0 Å². The van der Waals surface area contributed by atoms with Crippen molar-refractivity contribution in [3.05, 3.63) is 42.1 Å². The molecule has 0 spiro atoms. The van der Waals surface area contributed by atoms with Crippen LogP contribution in [-0.2, 0) is 0 Å². The maximum absolute atomic E-state index is 3.99. The van der Waals surface area contributed by atoms with Crippen molar-refractivity contribution in [1.29, 1.82) is 0 Å². The standard InChI is InChI=1S/C10H9N3/c1-8-7-11-13-12-10(8)9-5-3-2-4-6-9/h2-7H,1H3. The third-order valence-electron chi connectivity index (χ3n) is 1.87. The molecule has 0 atom stereocenters. The van der Waals surface area contributed by atoms with Gasteiger partial charge in [0, 0.05) is 5.56 Å². The van der Waals surface area contributed by atoms with E-state index in [2.05, 4.69) is 15.4 Å². The van der Waals surface area contributed by atoms with Crippen LogP contribution in [0.2, 0.25) is 0 Å². The fraction of sp³-hybridized carbons (Fsp3) is 0.100. The van der Waals surface area contributed by atoms with Gasteiger partial charge in [-0.15, -0.1) is 10.2 Å². The molecule has 1 aromatic carbocycles. The van der Waals surface area contributed by atoms with Gasteiger partial charge in [-0.3, -0.25) is 0 Å². The molecule has 0 aliphatic rings. The van der Waals surface area contributed by atoms with E-state index in [0.29, 0.717) is 0 Å². The minimum Gasteiger partial charge on any atom is -0.138 e. The van der Waals surface area contributed by atoms with Crippen molar-refractivity contribution >= 4 is 0 Å². The quantitative estimate of drug-likeness (QED) is 0.657. The van der Waals surface area contributed by atoms with Gasteiger partial charge in [0.2, 0.25) is 0 Å². The smallest absolute Gasteiger partial charge is 0.0992 e. The summed E-state index contributed by atoms with van der Waals surface area (Å²) in [5.74, 6) is 0. The Balaban J connectivity index is 2.54. The fourth-order valence-electron chi connectivity index (χ4n) is 1.20. The van der Waals surface area contributed by atoms with Crippen LogP contribution in [0.4, 0.5) is 0 Å². The van der Waals surface area contributed by atoms with Crippen LogP contribution in [0.15, 0.2) is 36.5 Å². The molecule has 1 aromatic heterocycles. The molecule has 0 aliphatic heterocycles. The Kier molecular flexibility index (Phi) is 2.00. The highest BCUT2D eigenvalue weighted by Crippen LogP contribution is 2.17. The summed E-state index contributed by atoms with van der Waals surface area (Å²) in [4.78, 5) is 0. The topological polar surface area (TPSA) is 38.7 Å². The van der Waals surface area contributed by atoms with Crippen molar-refractivity contribution in [1.82, 2.24) is 15.4 Å². The summed E-state index contributed by atoms with van der Waals surface area (Å²) in [6.45, 7) is 1.98. The Morgan fingerprint density at radius 2 is 1.85 bits per heavy atom. The first-order chi connectivity index (χ1) is 6.38. The Hall–Kier alpha value is -1.77. The predicted octanol–water partition coefficient (Wildman–Crippen LogP) is 1.85. The third kappa shape index (κ3) is 1.54. The fourth-order valence-corrected chi connectivity index (χ4v) is 1.20. The van der Waals surface area contributed by atoms with Crippen LogP contribution >= 0.6 is 0 Å². The largest absolute Gasteiger partial charge is 0.138 e. The van der Waals surface area contributed by atoms with Crippen LogP contribution in [0, 0.1) is 6.92 Å². The Labute approximate surface area is 76.4 Å². The zero-order chi connectivity index (χ0) is 9.10. The van der Waals surface area contributed by atoms with E-state index in [4.69, 9.17) is 0 Å². The summed E-state index contributed by atoms with van der Waals surface area (Å²) in [7, 11) is 0. The lowest BCUT2D eigenvalue weighted by atomic mass is 10.1. The van der Waals surface area contributed by atoms with Crippen LogP contribution < -0.4 is 0 Å².